The average molecular weight is 102 g/mol. The van der Waals surface area contributed by atoms with E-state index in [1.807, 2.05) is 0 Å². The summed E-state index contributed by atoms with van der Waals surface area (Å²) in [6.45, 7) is 3.74. The minimum Gasteiger partial charge on any atom is -0.247 e. The zero-order chi connectivity index (χ0) is 5.44. The SMILES string of the molecule is CC(F)[C@H]1C[C@@H]1C. The lowest BCUT2D eigenvalue weighted by Crippen LogP contribution is -1.94. The highest BCUT2D eigenvalue weighted by atomic mass is 19.1. The van der Waals surface area contributed by atoms with E-state index < -0.39 is 6.17 Å². The van der Waals surface area contributed by atoms with Gasteiger partial charge in [-0.2, -0.15) is 0 Å². The first kappa shape index (κ1) is 5.07. The molecule has 1 unspecified atom stereocenters. The molecule has 0 N–H and O–H groups in total. The summed E-state index contributed by atoms with van der Waals surface area (Å²) in [5.41, 5.74) is 0. The van der Waals surface area contributed by atoms with Crippen LogP contribution in [0.3, 0.4) is 0 Å². The zero-order valence-corrected chi connectivity index (χ0v) is 4.82. The van der Waals surface area contributed by atoms with Crippen molar-refractivity contribution >= 4 is 0 Å². The maximum atomic E-state index is 12.1. The molecule has 0 aromatic carbocycles. The summed E-state index contributed by atoms with van der Waals surface area (Å²) in [4.78, 5) is 0. The molecule has 1 aliphatic rings. The first-order valence-electron chi connectivity index (χ1n) is 2.86. The molecular formula is C6H11F. The summed E-state index contributed by atoms with van der Waals surface area (Å²) in [5.74, 6) is 1.07. The maximum Gasteiger partial charge on any atom is 0.100 e. The lowest BCUT2D eigenvalue weighted by atomic mass is 10.2. The second kappa shape index (κ2) is 1.46. The van der Waals surface area contributed by atoms with Crippen LogP contribution in [0.2, 0.25) is 0 Å². The first-order chi connectivity index (χ1) is 3.22. The van der Waals surface area contributed by atoms with Crippen LogP contribution in [0.15, 0.2) is 0 Å². The molecule has 0 aromatic rings. The normalized spacial score (nSPS) is 43.3. The van der Waals surface area contributed by atoms with E-state index in [2.05, 4.69) is 6.92 Å². The molecule has 0 heterocycles. The molecule has 7 heavy (non-hydrogen) atoms. The summed E-state index contributed by atoms with van der Waals surface area (Å²) >= 11 is 0. The predicted molar refractivity (Wildman–Crippen MR) is 27.8 cm³/mol. The van der Waals surface area contributed by atoms with Crippen LogP contribution >= 0.6 is 0 Å². The van der Waals surface area contributed by atoms with Crippen molar-refractivity contribution in [1.29, 1.82) is 0 Å². The lowest BCUT2D eigenvalue weighted by molar-refractivity contribution is 0.314. The van der Waals surface area contributed by atoms with E-state index in [-0.39, 0.29) is 0 Å². The minimum absolute atomic E-state index is 0.403. The van der Waals surface area contributed by atoms with Crippen LogP contribution in [0.25, 0.3) is 0 Å². The highest BCUT2D eigenvalue weighted by molar-refractivity contribution is 4.86. The van der Waals surface area contributed by atoms with Crippen molar-refractivity contribution in [3.05, 3.63) is 0 Å². The molecule has 42 valence electrons. The van der Waals surface area contributed by atoms with Crippen molar-refractivity contribution in [1.82, 2.24) is 0 Å². The molecule has 0 bridgehead atoms. The van der Waals surface area contributed by atoms with Gasteiger partial charge in [-0.05, 0) is 25.2 Å². The van der Waals surface area contributed by atoms with Gasteiger partial charge < -0.3 is 0 Å². The Morgan fingerprint density at radius 1 is 1.71 bits per heavy atom. The minimum atomic E-state index is -0.560. The van der Waals surface area contributed by atoms with E-state index >= 15 is 0 Å². The number of hydrogen-bond acceptors (Lipinski definition) is 0. The van der Waals surface area contributed by atoms with Gasteiger partial charge >= 0.3 is 0 Å². The molecule has 0 aliphatic heterocycles. The Kier molecular flexibility index (Phi) is 1.06. The van der Waals surface area contributed by atoms with Gasteiger partial charge in [0.2, 0.25) is 0 Å². The van der Waals surface area contributed by atoms with Gasteiger partial charge in [0.1, 0.15) is 6.17 Å². The van der Waals surface area contributed by atoms with Crippen LogP contribution in [0, 0.1) is 11.8 Å². The van der Waals surface area contributed by atoms with Gasteiger partial charge in [0.25, 0.3) is 0 Å². The Morgan fingerprint density at radius 2 is 2.14 bits per heavy atom. The Hall–Kier alpha value is -0.0700. The van der Waals surface area contributed by atoms with E-state index in [0.717, 1.165) is 6.42 Å². The lowest BCUT2D eigenvalue weighted by Gasteiger charge is -1.92. The third kappa shape index (κ3) is 0.929. The fourth-order valence-corrected chi connectivity index (χ4v) is 0.991. The predicted octanol–water partition coefficient (Wildman–Crippen LogP) is 2.00. The third-order valence-corrected chi connectivity index (χ3v) is 1.76. The molecular weight excluding hydrogens is 91.1 g/mol. The summed E-state index contributed by atoms with van der Waals surface area (Å²) in [6, 6.07) is 0. The monoisotopic (exact) mass is 102 g/mol. The van der Waals surface area contributed by atoms with Gasteiger partial charge in [-0.1, -0.05) is 6.92 Å². The van der Waals surface area contributed by atoms with Crippen LogP contribution in [0.4, 0.5) is 4.39 Å². The van der Waals surface area contributed by atoms with Crippen LogP contribution in [-0.2, 0) is 0 Å². The smallest absolute Gasteiger partial charge is 0.100 e. The highest BCUT2D eigenvalue weighted by Gasteiger charge is 2.37. The standard InChI is InChI=1S/C6H11F/c1-4-3-6(4)5(2)7/h4-6H,3H2,1-2H3/t4-,5?,6-/m0/s1. The van der Waals surface area contributed by atoms with Crippen LogP contribution in [-0.4, -0.2) is 6.17 Å². The van der Waals surface area contributed by atoms with Gasteiger partial charge in [0.05, 0.1) is 0 Å². The van der Waals surface area contributed by atoms with Crippen LogP contribution in [0.1, 0.15) is 20.3 Å². The third-order valence-electron chi connectivity index (χ3n) is 1.76. The molecule has 0 nitrogen and oxygen atoms in total. The van der Waals surface area contributed by atoms with Gasteiger partial charge in [0.15, 0.2) is 0 Å². The maximum absolute atomic E-state index is 12.1. The number of hydrogen-bond donors (Lipinski definition) is 0. The molecule has 1 heteroatoms. The zero-order valence-electron chi connectivity index (χ0n) is 4.82. The molecule has 1 rings (SSSR count). The number of halogens is 1. The van der Waals surface area contributed by atoms with Crippen molar-refractivity contribution in [2.24, 2.45) is 11.8 Å². The van der Waals surface area contributed by atoms with E-state index in [1.54, 1.807) is 6.92 Å². The van der Waals surface area contributed by atoms with Crippen molar-refractivity contribution in [2.45, 2.75) is 26.4 Å². The van der Waals surface area contributed by atoms with Crippen LogP contribution in [0.5, 0.6) is 0 Å². The first-order valence-corrected chi connectivity index (χ1v) is 2.86. The van der Waals surface area contributed by atoms with E-state index in [4.69, 9.17) is 0 Å². The molecule has 1 saturated carbocycles. The van der Waals surface area contributed by atoms with E-state index in [9.17, 15) is 4.39 Å². The van der Waals surface area contributed by atoms with Gasteiger partial charge in [-0.15, -0.1) is 0 Å². The largest absolute Gasteiger partial charge is 0.247 e. The fraction of sp³-hybridized carbons (Fsp3) is 1.00. The number of rotatable bonds is 1. The molecule has 1 aliphatic carbocycles. The quantitative estimate of drug-likeness (QED) is 0.475. The Bertz CT molecular complexity index is 68.6. The van der Waals surface area contributed by atoms with Crippen molar-refractivity contribution in [3.63, 3.8) is 0 Å². The van der Waals surface area contributed by atoms with Gasteiger partial charge in [-0.3, -0.25) is 0 Å². The topological polar surface area (TPSA) is 0 Å². The second-order valence-corrected chi connectivity index (χ2v) is 2.55. The Morgan fingerprint density at radius 3 is 2.14 bits per heavy atom. The van der Waals surface area contributed by atoms with Gasteiger partial charge in [0, 0.05) is 0 Å². The molecule has 0 spiro atoms. The average Bonchev–Trinajstić information content (AvgIpc) is 2.17. The van der Waals surface area contributed by atoms with E-state index in [1.165, 1.54) is 0 Å². The van der Waals surface area contributed by atoms with Gasteiger partial charge in [-0.25, -0.2) is 4.39 Å². The second-order valence-electron chi connectivity index (χ2n) is 2.55. The molecule has 3 atom stereocenters. The van der Waals surface area contributed by atoms with Crippen LogP contribution < -0.4 is 0 Å². The highest BCUT2D eigenvalue weighted by Crippen LogP contribution is 2.41. The summed E-state index contributed by atoms with van der Waals surface area (Å²) < 4.78 is 12.1. The van der Waals surface area contributed by atoms with Crippen molar-refractivity contribution in [2.75, 3.05) is 0 Å². The van der Waals surface area contributed by atoms with E-state index in [0.29, 0.717) is 11.8 Å². The summed E-state index contributed by atoms with van der Waals surface area (Å²) in [6.07, 6.45) is 0.549. The van der Waals surface area contributed by atoms with Crippen molar-refractivity contribution < 1.29 is 4.39 Å². The van der Waals surface area contributed by atoms with Crippen molar-refractivity contribution in [3.8, 4) is 0 Å². The Balaban J connectivity index is 2.20. The molecule has 0 saturated heterocycles. The Labute approximate surface area is 43.7 Å². The summed E-state index contributed by atoms with van der Waals surface area (Å²) in [7, 11) is 0. The molecule has 1 fully saturated rings. The molecule has 0 amide bonds. The fourth-order valence-electron chi connectivity index (χ4n) is 0.991. The molecule has 0 aromatic heterocycles. The summed E-state index contributed by atoms with van der Waals surface area (Å²) in [5, 5.41) is 0. The molecule has 0 radical (unpaired) electrons. The number of alkyl halides is 1.